The molecular weight excluding hydrogens is 316 g/mol. The fourth-order valence-corrected chi connectivity index (χ4v) is 2.68. The summed E-state index contributed by atoms with van der Waals surface area (Å²) in [5.41, 5.74) is 1.79. The normalized spacial score (nSPS) is 11.0. The first kappa shape index (κ1) is 14.1. The minimum absolute atomic E-state index is 0.332. The number of benzene rings is 1. The quantitative estimate of drug-likeness (QED) is 0.934. The van der Waals surface area contributed by atoms with Crippen molar-refractivity contribution < 1.29 is 8.78 Å². The molecule has 0 amide bonds. The van der Waals surface area contributed by atoms with E-state index in [0.29, 0.717) is 11.3 Å². The lowest BCUT2D eigenvalue weighted by Crippen LogP contribution is -2.11. The average Bonchev–Trinajstić information content (AvgIpc) is 2.63. The topological polar surface area (TPSA) is 29.9 Å². The molecule has 0 spiro atoms. The van der Waals surface area contributed by atoms with E-state index in [1.54, 1.807) is 11.7 Å². The maximum Gasteiger partial charge on any atom is 0.135 e. The molecule has 0 aliphatic carbocycles. The summed E-state index contributed by atoms with van der Waals surface area (Å²) < 4.78 is 29.1. The molecule has 1 aromatic carbocycles. The largest absolute Gasteiger partial charge is 0.319 e. The number of nitrogens with zero attached hydrogens (tertiary/aromatic N) is 2. The molecule has 0 aliphatic heterocycles. The van der Waals surface area contributed by atoms with Gasteiger partial charge < -0.3 is 5.32 Å². The van der Waals surface area contributed by atoms with Crippen molar-refractivity contribution in [3.63, 3.8) is 0 Å². The Bertz CT molecular complexity index is 596. The van der Waals surface area contributed by atoms with Crippen molar-refractivity contribution in [1.29, 1.82) is 0 Å². The molecule has 0 atom stereocenters. The molecule has 3 nitrogen and oxygen atoms in total. The Hall–Kier alpha value is -1.27. The molecule has 2 rings (SSSR count). The molecule has 6 heteroatoms. The highest BCUT2D eigenvalue weighted by Gasteiger charge is 2.18. The van der Waals surface area contributed by atoms with Gasteiger partial charge in [-0.3, -0.25) is 4.68 Å². The first-order valence-corrected chi connectivity index (χ1v) is 6.65. The number of halogens is 3. The minimum atomic E-state index is -0.594. The Labute approximate surface area is 118 Å². The summed E-state index contributed by atoms with van der Waals surface area (Å²) in [6.45, 7) is 0.779. The van der Waals surface area contributed by atoms with Gasteiger partial charge in [0.25, 0.3) is 0 Å². The molecule has 0 bridgehead atoms. The van der Waals surface area contributed by atoms with Gasteiger partial charge in [-0.1, -0.05) is 0 Å². The first-order valence-electron chi connectivity index (χ1n) is 5.86. The number of aryl methyl sites for hydroxylation is 1. The second-order valence-corrected chi connectivity index (χ2v) is 5.00. The monoisotopic (exact) mass is 329 g/mol. The van der Waals surface area contributed by atoms with Crippen LogP contribution in [-0.2, 0) is 13.5 Å². The van der Waals surface area contributed by atoms with Crippen LogP contribution in [0.2, 0.25) is 0 Å². The van der Waals surface area contributed by atoms with Crippen LogP contribution in [0.5, 0.6) is 0 Å². The second-order valence-electron chi connectivity index (χ2n) is 4.21. The SMILES string of the molecule is CNCCc1nn(C)c(-c2ccc(F)cc2F)c1Br. The van der Waals surface area contributed by atoms with Crippen LogP contribution in [0.4, 0.5) is 8.78 Å². The van der Waals surface area contributed by atoms with E-state index >= 15 is 0 Å². The molecule has 1 aromatic heterocycles. The van der Waals surface area contributed by atoms with Crippen LogP contribution < -0.4 is 5.32 Å². The van der Waals surface area contributed by atoms with E-state index in [9.17, 15) is 8.78 Å². The lowest BCUT2D eigenvalue weighted by molar-refractivity contribution is 0.584. The number of hydrogen-bond acceptors (Lipinski definition) is 2. The van der Waals surface area contributed by atoms with E-state index < -0.39 is 11.6 Å². The molecule has 1 N–H and O–H groups in total. The third-order valence-corrected chi connectivity index (χ3v) is 3.69. The number of likely N-dealkylation sites (N-methyl/N-ethyl adjacent to an activating group) is 1. The van der Waals surface area contributed by atoms with E-state index in [2.05, 4.69) is 26.3 Å². The Morgan fingerprint density at radius 2 is 2.11 bits per heavy atom. The zero-order valence-corrected chi connectivity index (χ0v) is 12.3. The second kappa shape index (κ2) is 5.79. The van der Waals surface area contributed by atoms with E-state index in [1.807, 2.05) is 7.05 Å². The van der Waals surface area contributed by atoms with Gasteiger partial charge in [0.15, 0.2) is 0 Å². The molecule has 0 unspecified atom stereocenters. The number of nitrogens with one attached hydrogen (secondary N) is 1. The van der Waals surface area contributed by atoms with Crippen LogP contribution in [0.1, 0.15) is 5.69 Å². The minimum Gasteiger partial charge on any atom is -0.319 e. The van der Waals surface area contributed by atoms with Crippen LogP contribution in [0.25, 0.3) is 11.3 Å². The van der Waals surface area contributed by atoms with Crippen molar-refractivity contribution in [1.82, 2.24) is 15.1 Å². The van der Waals surface area contributed by atoms with E-state index in [-0.39, 0.29) is 0 Å². The Balaban J connectivity index is 2.47. The van der Waals surface area contributed by atoms with Gasteiger partial charge in [0.05, 0.1) is 15.9 Å². The molecule has 102 valence electrons. The molecule has 1 heterocycles. The molecule has 2 aromatic rings. The third-order valence-electron chi connectivity index (χ3n) is 2.85. The lowest BCUT2D eigenvalue weighted by Gasteiger charge is -2.04. The fourth-order valence-electron chi connectivity index (χ4n) is 1.93. The van der Waals surface area contributed by atoms with Crippen LogP contribution in [0.15, 0.2) is 22.7 Å². The summed E-state index contributed by atoms with van der Waals surface area (Å²) in [5, 5.41) is 7.39. The van der Waals surface area contributed by atoms with Gasteiger partial charge in [-0.25, -0.2) is 8.78 Å². The fraction of sp³-hybridized carbons (Fsp3) is 0.308. The number of rotatable bonds is 4. The van der Waals surface area contributed by atoms with Crippen LogP contribution in [0.3, 0.4) is 0 Å². The number of aromatic nitrogens is 2. The molecular formula is C13H14BrF2N3. The summed E-state index contributed by atoms with van der Waals surface area (Å²) in [5.74, 6) is -1.18. The van der Waals surface area contributed by atoms with Crippen LogP contribution in [-0.4, -0.2) is 23.4 Å². The summed E-state index contributed by atoms with van der Waals surface area (Å²) in [6.07, 6.45) is 0.730. The average molecular weight is 330 g/mol. The molecule has 0 saturated carbocycles. The van der Waals surface area contributed by atoms with Gasteiger partial charge in [-0.05, 0) is 35.1 Å². The highest BCUT2D eigenvalue weighted by Crippen LogP contribution is 2.32. The predicted molar refractivity (Wildman–Crippen MR) is 73.9 cm³/mol. The highest BCUT2D eigenvalue weighted by atomic mass is 79.9. The van der Waals surface area contributed by atoms with Crippen LogP contribution in [0, 0.1) is 11.6 Å². The zero-order chi connectivity index (χ0) is 14.0. The van der Waals surface area contributed by atoms with Crippen molar-refractivity contribution in [2.45, 2.75) is 6.42 Å². The van der Waals surface area contributed by atoms with Gasteiger partial charge in [0.2, 0.25) is 0 Å². The smallest absolute Gasteiger partial charge is 0.135 e. The van der Waals surface area contributed by atoms with E-state index in [0.717, 1.165) is 29.2 Å². The maximum absolute atomic E-state index is 13.8. The third kappa shape index (κ3) is 2.84. The van der Waals surface area contributed by atoms with Crippen molar-refractivity contribution in [3.05, 3.63) is 40.0 Å². The Morgan fingerprint density at radius 1 is 1.37 bits per heavy atom. The van der Waals surface area contributed by atoms with Gasteiger partial charge in [0, 0.05) is 31.6 Å². The molecule has 0 aliphatic rings. The Morgan fingerprint density at radius 3 is 2.74 bits per heavy atom. The van der Waals surface area contributed by atoms with Crippen LogP contribution >= 0.6 is 15.9 Å². The lowest BCUT2D eigenvalue weighted by atomic mass is 10.1. The summed E-state index contributed by atoms with van der Waals surface area (Å²) >= 11 is 3.45. The van der Waals surface area contributed by atoms with Gasteiger partial charge >= 0.3 is 0 Å². The summed E-state index contributed by atoms with van der Waals surface area (Å²) in [7, 11) is 3.60. The number of hydrogen-bond donors (Lipinski definition) is 1. The van der Waals surface area contributed by atoms with Gasteiger partial charge in [-0.2, -0.15) is 5.10 Å². The van der Waals surface area contributed by atoms with Crippen molar-refractivity contribution in [2.75, 3.05) is 13.6 Å². The summed E-state index contributed by atoms with van der Waals surface area (Å²) in [6, 6.07) is 3.54. The standard InChI is InChI=1S/C13H14BrF2N3/c1-17-6-5-11-12(14)13(19(2)18-11)9-4-3-8(15)7-10(9)16/h3-4,7,17H,5-6H2,1-2H3. The van der Waals surface area contributed by atoms with Crippen molar-refractivity contribution in [2.24, 2.45) is 7.05 Å². The maximum atomic E-state index is 13.8. The van der Waals surface area contributed by atoms with Gasteiger partial charge in [-0.15, -0.1) is 0 Å². The first-order chi connectivity index (χ1) is 9.04. The summed E-state index contributed by atoms with van der Waals surface area (Å²) in [4.78, 5) is 0. The predicted octanol–water partition coefficient (Wildman–Crippen LogP) is 2.89. The highest BCUT2D eigenvalue weighted by molar-refractivity contribution is 9.10. The zero-order valence-electron chi connectivity index (χ0n) is 10.7. The van der Waals surface area contributed by atoms with Gasteiger partial charge in [0.1, 0.15) is 11.6 Å². The van der Waals surface area contributed by atoms with E-state index in [1.165, 1.54) is 12.1 Å². The molecule has 19 heavy (non-hydrogen) atoms. The Kier molecular flexibility index (Phi) is 4.31. The van der Waals surface area contributed by atoms with Crippen molar-refractivity contribution >= 4 is 15.9 Å². The molecule has 0 saturated heterocycles. The van der Waals surface area contributed by atoms with Crippen molar-refractivity contribution in [3.8, 4) is 11.3 Å². The molecule has 0 fully saturated rings. The van der Waals surface area contributed by atoms with E-state index in [4.69, 9.17) is 0 Å². The molecule has 0 radical (unpaired) electrons.